The zero-order valence-electron chi connectivity index (χ0n) is 18.2. The first-order valence-electron chi connectivity index (χ1n) is 11.0. The van der Waals surface area contributed by atoms with E-state index in [0.29, 0.717) is 10.6 Å². The van der Waals surface area contributed by atoms with Gasteiger partial charge in [0.15, 0.2) is 0 Å². The van der Waals surface area contributed by atoms with E-state index in [9.17, 15) is 10.1 Å². The molecule has 0 aliphatic heterocycles. The highest BCUT2D eigenvalue weighted by Gasteiger charge is 2.20. The van der Waals surface area contributed by atoms with Gasteiger partial charge in [-0.15, -0.1) is 0 Å². The number of ether oxygens (including phenoxy) is 1. The average molecular weight is 443 g/mol. The molecule has 1 aromatic heterocycles. The van der Waals surface area contributed by atoms with Crippen molar-refractivity contribution in [1.29, 1.82) is 5.26 Å². The number of pyridine rings is 1. The highest BCUT2D eigenvalue weighted by atomic mass is 32.2. The van der Waals surface area contributed by atoms with Gasteiger partial charge in [-0.1, -0.05) is 78.3 Å². The van der Waals surface area contributed by atoms with Gasteiger partial charge in [0.2, 0.25) is 0 Å². The van der Waals surface area contributed by atoms with Crippen LogP contribution < -0.4 is 0 Å². The van der Waals surface area contributed by atoms with E-state index in [4.69, 9.17) is 9.72 Å². The first-order chi connectivity index (χ1) is 15.6. The molecular formula is C27H26N2O2S. The summed E-state index contributed by atoms with van der Waals surface area (Å²) in [6.07, 6.45) is 5.36. The van der Waals surface area contributed by atoms with Gasteiger partial charge in [-0.05, 0) is 44.2 Å². The Bertz CT molecular complexity index is 1110. The summed E-state index contributed by atoms with van der Waals surface area (Å²) in [4.78, 5) is 17.3. The number of nitrogens with zero attached hydrogens (tertiary/aromatic N) is 2. The molecule has 0 N–H and O–H groups in total. The molecule has 0 saturated heterocycles. The van der Waals surface area contributed by atoms with Crippen LogP contribution in [0.25, 0.3) is 22.4 Å². The molecule has 0 atom stereocenters. The highest BCUT2D eigenvalue weighted by Crippen LogP contribution is 2.34. The Morgan fingerprint density at radius 1 is 1.06 bits per heavy atom. The van der Waals surface area contributed by atoms with Crippen LogP contribution in [0.4, 0.5) is 0 Å². The number of carbonyl (C=O) groups is 1. The minimum atomic E-state index is -0.241. The molecule has 4 rings (SSSR count). The molecule has 0 unspecified atom stereocenters. The number of aryl methyl sites for hydroxylation is 1. The summed E-state index contributed by atoms with van der Waals surface area (Å²) in [7, 11) is 0. The summed E-state index contributed by atoms with van der Waals surface area (Å²) >= 11 is 1.28. The van der Waals surface area contributed by atoms with Gasteiger partial charge in [0.25, 0.3) is 0 Å². The predicted molar refractivity (Wildman–Crippen MR) is 128 cm³/mol. The molecule has 1 heterocycles. The monoisotopic (exact) mass is 442 g/mol. The Labute approximate surface area is 193 Å². The molecule has 2 aromatic carbocycles. The van der Waals surface area contributed by atoms with Gasteiger partial charge in [0.05, 0.1) is 17.0 Å². The molecule has 1 saturated carbocycles. The fourth-order valence-electron chi connectivity index (χ4n) is 3.98. The molecule has 1 aliphatic carbocycles. The normalized spacial score (nSPS) is 14.0. The van der Waals surface area contributed by atoms with Gasteiger partial charge in [-0.25, -0.2) is 4.98 Å². The lowest BCUT2D eigenvalue weighted by atomic mass is 9.98. The molecule has 4 nitrogen and oxygen atoms in total. The maximum atomic E-state index is 12.5. The van der Waals surface area contributed by atoms with Crippen molar-refractivity contribution in [2.45, 2.75) is 50.2 Å². The second-order valence-electron chi connectivity index (χ2n) is 8.12. The van der Waals surface area contributed by atoms with Crippen molar-refractivity contribution in [3.63, 3.8) is 0 Å². The van der Waals surface area contributed by atoms with Gasteiger partial charge >= 0.3 is 5.97 Å². The quantitative estimate of drug-likeness (QED) is 0.319. The number of hydrogen-bond acceptors (Lipinski definition) is 5. The lowest BCUT2D eigenvalue weighted by Crippen LogP contribution is -2.22. The number of nitriles is 1. The molecule has 0 spiro atoms. The first-order valence-corrected chi connectivity index (χ1v) is 12.0. The molecule has 5 heteroatoms. The number of aromatic nitrogens is 1. The standard InChI is InChI=1S/C27H26N2O2S/c1-19-12-14-21(15-13-19)25-16-23(20-8-4-2-5-9-20)24(17-28)27(29-25)32-18-26(30)31-22-10-6-3-7-11-22/h2,4-5,8-9,12-16,22H,3,6-7,10-11,18H2,1H3. The molecule has 0 radical (unpaired) electrons. The summed E-state index contributed by atoms with van der Waals surface area (Å²) in [5.41, 5.74) is 5.19. The summed E-state index contributed by atoms with van der Waals surface area (Å²) in [5, 5.41) is 10.5. The van der Waals surface area contributed by atoms with Gasteiger partial charge < -0.3 is 4.74 Å². The van der Waals surface area contributed by atoms with Crippen LogP contribution in [0.1, 0.15) is 43.2 Å². The van der Waals surface area contributed by atoms with E-state index >= 15 is 0 Å². The van der Waals surface area contributed by atoms with Gasteiger partial charge in [0, 0.05) is 11.1 Å². The number of benzene rings is 2. The summed E-state index contributed by atoms with van der Waals surface area (Å²) < 4.78 is 5.66. The lowest BCUT2D eigenvalue weighted by molar-refractivity contribution is -0.147. The predicted octanol–water partition coefficient (Wildman–Crippen LogP) is 6.56. The summed E-state index contributed by atoms with van der Waals surface area (Å²) in [5.74, 6) is -0.0985. The van der Waals surface area contributed by atoms with E-state index in [0.717, 1.165) is 48.1 Å². The molecule has 3 aromatic rings. The van der Waals surface area contributed by atoms with E-state index in [-0.39, 0.29) is 17.8 Å². The van der Waals surface area contributed by atoms with Crippen LogP contribution in [-0.2, 0) is 9.53 Å². The van der Waals surface area contributed by atoms with Crippen molar-refractivity contribution in [3.8, 4) is 28.5 Å². The third-order valence-corrected chi connectivity index (χ3v) is 6.66. The third kappa shape index (κ3) is 5.38. The number of thioether (sulfide) groups is 1. The van der Waals surface area contributed by atoms with E-state index in [1.54, 1.807) is 0 Å². The fraction of sp³-hybridized carbons (Fsp3) is 0.296. The molecule has 162 valence electrons. The molecule has 0 amide bonds. The largest absolute Gasteiger partial charge is 0.462 e. The van der Waals surface area contributed by atoms with Gasteiger partial charge in [-0.3, -0.25) is 4.79 Å². The van der Waals surface area contributed by atoms with Crippen molar-refractivity contribution in [2.75, 3.05) is 5.75 Å². The maximum absolute atomic E-state index is 12.5. The van der Waals surface area contributed by atoms with Crippen LogP contribution >= 0.6 is 11.8 Å². The zero-order valence-corrected chi connectivity index (χ0v) is 19.0. The molecule has 0 bridgehead atoms. The van der Waals surface area contributed by atoms with Crippen molar-refractivity contribution >= 4 is 17.7 Å². The Morgan fingerprint density at radius 2 is 1.78 bits per heavy atom. The van der Waals surface area contributed by atoms with E-state index in [1.807, 2.05) is 67.6 Å². The van der Waals surface area contributed by atoms with Crippen LogP contribution in [0.5, 0.6) is 0 Å². The van der Waals surface area contributed by atoms with E-state index < -0.39 is 0 Å². The fourth-order valence-corrected chi connectivity index (χ4v) is 4.77. The molecule has 1 fully saturated rings. The van der Waals surface area contributed by atoms with Gasteiger partial charge in [-0.2, -0.15) is 5.26 Å². The van der Waals surface area contributed by atoms with Crippen LogP contribution in [0.3, 0.4) is 0 Å². The Morgan fingerprint density at radius 3 is 2.47 bits per heavy atom. The van der Waals surface area contributed by atoms with Crippen molar-refractivity contribution in [3.05, 3.63) is 71.8 Å². The van der Waals surface area contributed by atoms with Crippen molar-refractivity contribution in [2.24, 2.45) is 0 Å². The average Bonchev–Trinajstić information content (AvgIpc) is 2.84. The number of carbonyl (C=O) groups excluding carboxylic acids is 1. The van der Waals surface area contributed by atoms with Gasteiger partial charge in [0.1, 0.15) is 17.2 Å². The Balaban J connectivity index is 1.65. The van der Waals surface area contributed by atoms with Crippen LogP contribution in [0, 0.1) is 18.3 Å². The lowest BCUT2D eigenvalue weighted by Gasteiger charge is -2.21. The molecule has 32 heavy (non-hydrogen) atoms. The van der Waals surface area contributed by atoms with Crippen LogP contribution in [0.15, 0.2) is 65.7 Å². The van der Waals surface area contributed by atoms with Crippen LogP contribution in [-0.4, -0.2) is 22.8 Å². The second-order valence-corrected chi connectivity index (χ2v) is 9.08. The molecular weight excluding hydrogens is 416 g/mol. The van der Waals surface area contributed by atoms with Crippen molar-refractivity contribution < 1.29 is 9.53 Å². The Hall–Kier alpha value is -3.10. The number of esters is 1. The van der Waals surface area contributed by atoms with E-state index in [2.05, 4.69) is 6.07 Å². The Kier molecular flexibility index (Phi) is 7.24. The number of hydrogen-bond donors (Lipinski definition) is 0. The number of rotatable bonds is 6. The zero-order chi connectivity index (χ0) is 22.3. The van der Waals surface area contributed by atoms with Crippen LogP contribution in [0.2, 0.25) is 0 Å². The smallest absolute Gasteiger partial charge is 0.316 e. The SMILES string of the molecule is Cc1ccc(-c2cc(-c3ccccc3)c(C#N)c(SCC(=O)OC3CCCCC3)n2)cc1. The minimum Gasteiger partial charge on any atom is -0.462 e. The maximum Gasteiger partial charge on any atom is 0.316 e. The summed E-state index contributed by atoms with van der Waals surface area (Å²) in [6, 6.07) is 22.3. The highest BCUT2D eigenvalue weighted by molar-refractivity contribution is 7.99. The van der Waals surface area contributed by atoms with E-state index in [1.165, 1.54) is 23.7 Å². The molecule has 1 aliphatic rings. The second kappa shape index (κ2) is 10.5. The topological polar surface area (TPSA) is 63.0 Å². The first kappa shape index (κ1) is 22.1. The summed E-state index contributed by atoms with van der Waals surface area (Å²) in [6.45, 7) is 2.05. The third-order valence-electron chi connectivity index (χ3n) is 5.71. The van der Waals surface area contributed by atoms with Crippen molar-refractivity contribution in [1.82, 2.24) is 4.98 Å². The minimum absolute atomic E-state index is 0.0269.